The molecule has 3 aromatic carbocycles. The van der Waals surface area contributed by atoms with Crippen LogP contribution in [0.15, 0.2) is 78.9 Å². The van der Waals surface area contributed by atoms with Crippen molar-refractivity contribution in [1.29, 1.82) is 0 Å². The number of benzene rings is 3. The van der Waals surface area contributed by atoms with E-state index in [1.807, 2.05) is 59.5 Å². The maximum atomic E-state index is 14.4. The lowest BCUT2D eigenvalue weighted by atomic mass is 9.70. The van der Waals surface area contributed by atoms with E-state index in [1.54, 1.807) is 7.11 Å². The first-order valence-electron chi connectivity index (χ1n) is 11.1. The van der Waals surface area contributed by atoms with E-state index < -0.39 is 5.41 Å². The zero-order valence-electron chi connectivity index (χ0n) is 18.0. The normalized spacial score (nSPS) is 18.1. The van der Waals surface area contributed by atoms with Gasteiger partial charge in [0.05, 0.1) is 19.5 Å². The van der Waals surface area contributed by atoms with Crippen LogP contribution in [0.4, 0.5) is 5.69 Å². The summed E-state index contributed by atoms with van der Waals surface area (Å²) in [4.78, 5) is 18.8. The van der Waals surface area contributed by atoms with Crippen LogP contribution in [0.1, 0.15) is 36.0 Å². The SMILES string of the molecule is COc1ccc2c(c1)C(c1ccccc1)(c1ccccc1)C(=O)N2CN1CCCCC1. The molecule has 31 heavy (non-hydrogen) atoms. The number of carbonyl (C=O) groups excluding carboxylic acids is 1. The molecule has 0 saturated carbocycles. The highest BCUT2D eigenvalue weighted by Gasteiger charge is 2.53. The van der Waals surface area contributed by atoms with Crippen LogP contribution < -0.4 is 9.64 Å². The van der Waals surface area contributed by atoms with Crippen LogP contribution in [0.5, 0.6) is 5.75 Å². The number of hydrogen-bond acceptors (Lipinski definition) is 3. The van der Waals surface area contributed by atoms with E-state index in [2.05, 4.69) is 29.2 Å². The lowest BCUT2D eigenvalue weighted by Gasteiger charge is -2.33. The summed E-state index contributed by atoms with van der Waals surface area (Å²) >= 11 is 0. The number of nitrogens with zero attached hydrogens (tertiary/aromatic N) is 2. The Balaban J connectivity index is 1.73. The quantitative estimate of drug-likeness (QED) is 0.602. The molecule has 4 nitrogen and oxygen atoms in total. The number of amides is 1. The van der Waals surface area contributed by atoms with Crippen LogP contribution >= 0.6 is 0 Å². The molecule has 158 valence electrons. The van der Waals surface area contributed by atoms with Gasteiger partial charge in [-0.3, -0.25) is 14.6 Å². The maximum absolute atomic E-state index is 14.4. The first-order chi connectivity index (χ1) is 15.2. The number of carbonyl (C=O) groups is 1. The predicted molar refractivity (Wildman–Crippen MR) is 124 cm³/mol. The Kier molecular flexibility index (Phi) is 5.24. The third-order valence-electron chi connectivity index (χ3n) is 6.67. The van der Waals surface area contributed by atoms with Crippen LogP contribution in [0.25, 0.3) is 0 Å². The Morgan fingerprint density at radius 2 is 1.45 bits per heavy atom. The van der Waals surface area contributed by atoms with Crippen molar-refractivity contribution in [3.8, 4) is 5.75 Å². The van der Waals surface area contributed by atoms with Gasteiger partial charge in [0.25, 0.3) is 0 Å². The first kappa shape index (κ1) is 19.8. The molecule has 5 rings (SSSR count). The molecule has 4 heteroatoms. The number of rotatable bonds is 5. The number of fused-ring (bicyclic) bond motifs is 1. The van der Waals surface area contributed by atoms with E-state index in [0.29, 0.717) is 6.67 Å². The fourth-order valence-electron chi connectivity index (χ4n) is 5.15. The lowest BCUT2D eigenvalue weighted by molar-refractivity contribution is -0.121. The van der Waals surface area contributed by atoms with E-state index in [4.69, 9.17) is 4.74 Å². The van der Waals surface area contributed by atoms with Gasteiger partial charge in [-0.15, -0.1) is 0 Å². The van der Waals surface area contributed by atoms with Crippen molar-refractivity contribution in [3.05, 3.63) is 95.6 Å². The molecule has 2 heterocycles. The summed E-state index contributed by atoms with van der Waals surface area (Å²) in [7, 11) is 1.68. The Morgan fingerprint density at radius 3 is 2.03 bits per heavy atom. The van der Waals surface area contributed by atoms with Crippen molar-refractivity contribution in [2.75, 3.05) is 31.8 Å². The van der Waals surface area contributed by atoms with Crippen LogP contribution in [-0.2, 0) is 10.2 Å². The van der Waals surface area contributed by atoms with Crippen molar-refractivity contribution in [2.45, 2.75) is 24.7 Å². The molecule has 1 amide bonds. The van der Waals surface area contributed by atoms with Crippen LogP contribution in [0.3, 0.4) is 0 Å². The van der Waals surface area contributed by atoms with E-state index in [1.165, 1.54) is 19.3 Å². The second-order valence-electron chi connectivity index (χ2n) is 8.42. The van der Waals surface area contributed by atoms with E-state index >= 15 is 0 Å². The molecule has 0 N–H and O–H groups in total. The topological polar surface area (TPSA) is 32.8 Å². The molecule has 1 saturated heterocycles. The smallest absolute Gasteiger partial charge is 0.247 e. The van der Waals surface area contributed by atoms with Gasteiger partial charge in [-0.05, 0) is 55.3 Å². The number of anilines is 1. The highest BCUT2D eigenvalue weighted by molar-refractivity contribution is 6.13. The Morgan fingerprint density at radius 1 is 0.839 bits per heavy atom. The molecule has 0 unspecified atom stereocenters. The molecule has 1 fully saturated rings. The van der Waals surface area contributed by atoms with Crippen molar-refractivity contribution in [3.63, 3.8) is 0 Å². The van der Waals surface area contributed by atoms with E-state index in [0.717, 1.165) is 41.2 Å². The van der Waals surface area contributed by atoms with Gasteiger partial charge in [0, 0.05) is 5.56 Å². The molecular weight excluding hydrogens is 384 g/mol. The van der Waals surface area contributed by atoms with Gasteiger partial charge in [0.2, 0.25) is 5.91 Å². The summed E-state index contributed by atoms with van der Waals surface area (Å²) < 4.78 is 5.58. The number of hydrogen-bond donors (Lipinski definition) is 0. The number of methoxy groups -OCH3 is 1. The minimum Gasteiger partial charge on any atom is -0.497 e. The summed E-state index contributed by atoms with van der Waals surface area (Å²) in [5.74, 6) is 0.876. The monoisotopic (exact) mass is 412 g/mol. The fourth-order valence-corrected chi connectivity index (χ4v) is 5.15. The molecule has 0 aromatic heterocycles. The van der Waals surface area contributed by atoms with Gasteiger partial charge < -0.3 is 4.74 Å². The third kappa shape index (κ3) is 3.22. The van der Waals surface area contributed by atoms with Crippen molar-refractivity contribution >= 4 is 11.6 Å². The molecule has 0 spiro atoms. The number of piperidine rings is 1. The third-order valence-corrected chi connectivity index (χ3v) is 6.67. The molecule has 0 radical (unpaired) electrons. The molecule has 2 aliphatic rings. The zero-order chi connectivity index (χ0) is 21.3. The molecule has 0 aliphatic carbocycles. The van der Waals surface area contributed by atoms with Gasteiger partial charge in [-0.1, -0.05) is 67.1 Å². The van der Waals surface area contributed by atoms with E-state index in [-0.39, 0.29) is 5.91 Å². The van der Waals surface area contributed by atoms with Crippen LogP contribution in [0.2, 0.25) is 0 Å². The summed E-state index contributed by atoms with van der Waals surface area (Å²) in [5, 5.41) is 0. The molecule has 2 aliphatic heterocycles. The molecular formula is C27H28N2O2. The predicted octanol–water partition coefficient (Wildman–Crippen LogP) is 4.82. The zero-order valence-corrected chi connectivity index (χ0v) is 18.0. The van der Waals surface area contributed by atoms with Gasteiger partial charge in [0.15, 0.2) is 0 Å². The second kappa shape index (κ2) is 8.20. The van der Waals surface area contributed by atoms with Crippen LogP contribution in [0, 0.1) is 0 Å². The standard InChI is InChI=1S/C27H28N2O2/c1-31-23-15-16-25-24(19-23)27(21-11-5-2-6-12-21,22-13-7-3-8-14-22)26(30)29(25)20-28-17-9-4-10-18-28/h2-3,5-8,11-16,19H,4,9-10,17-18,20H2,1H3. The van der Waals surface area contributed by atoms with Crippen molar-refractivity contribution in [2.24, 2.45) is 0 Å². The van der Waals surface area contributed by atoms with Crippen molar-refractivity contribution in [1.82, 2.24) is 4.90 Å². The fraction of sp³-hybridized carbons (Fsp3) is 0.296. The largest absolute Gasteiger partial charge is 0.497 e. The molecule has 3 aromatic rings. The minimum absolute atomic E-state index is 0.110. The van der Waals surface area contributed by atoms with Crippen molar-refractivity contribution < 1.29 is 9.53 Å². The minimum atomic E-state index is -0.887. The molecule has 0 atom stereocenters. The van der Waals surface area contributed by atoms with Gasteiger partial charge in [-0.2, -0.15) is 0 Å². The van der Waals surface area contributed by atoms with Gasteiger partial charge >= 0.3 is 0 Å². The molecule has 0 bridgehead atoms. The van der Waals surface area contributed by atoms with Crippen LogP contribution in [-0.4, -0.2) is 37.7 Å². The average molecular weight is 413 g/mol. The Bertz CT molecular complexity index is 1020. The highest BCUT2D eigenvalue weighted by Crippen LogP contribution is 2.51. The van der Waals surface area contributed by atoms with E-state index in [9.17, 15) is 4.79 Å². The Hall–Kier alpha value is -3.11. The number of ether oxygens (including phenoxy) is 1. The second-order valence-corrected chi connectivity index (χ2v) is 8.42. The summed E-state index contributed by atoms with van der Waals surface area (Å²) in [6.07, 6.45) is 3.66. The maximum Gasteiger partial charge on any atom is 0.247 e. The lowest BCUT2D eigenvalue weighted by Crippen LogP contribution is -2.47. The van der Waals surface area contributed by atoms with Gasteiger partial charge in [-0.25, -0.2) is 0 Å². The van der Waals surface area contributed by atoms with Gasteiger partial charge in [0.1, 0.15) is 11.2 Å². The number of likely N-dealkylation sites (tertiary alicyclic amines) is 1. The first-order valence-corrected chi connectivity index (χ1v) is 11.1. The highest BCUT2D eigenvalue weighted by atomic mass is 16.5. The average Bonchev–Trinajstić information content (AvgIpc) is 3.08. The summed E-state index contributed by atoms with van der Waals surface area (Å²) in [6.45, 7) is 2.71. The summed E-state index contributed by atoms with van der Waals surface area (Å²) in [5.41, 5.74) is 3.06. The summed E-state index contributed by atoms with van der Waals surface area (Å²) in [6, 6.07) is 26.4. The Labute approximate surface area is 184 Å².